The van der Waals surface area contributed by atoms with Crippen LogP contribution < -0.4 is 4.74 Å². The van der Waals surface area contributed by atoms with Gasteiger partial charge >= 0.3 is 17.9 Å². The van der Waals surface area contributed by atoms with Gasteiger partial charge in [-0.3, -0.25) is 0 Å². The van der Waals surface area contributed by atoms with Crippen molar-refractivity contribution in [3.63, 3.8) is 0 Å². The molecule has 0 saturated carbocycles. The van der Waals surface area contributed by atoms with Crippen molar-refractivity contribution in [1.29, 1.82) is 0 Å². The van der Waals surface area contributed by atoms with Crippen LogP contribution in [0.25, 0.3) is 22.3 Å². The molecule has 0 aromatic heterocycles. The topological polar surface area (TPSA) is 108 Å². The highest BCUT2D eigenvalue weighted by molar-refractivity contribution is 5.87. The minimum atomic E-state index is -0.415. The molecule has 0 aliphatic carbocycles. The molecule has 278 valence electrons. The Labute approximate surface area is 309 Å². The number of esters is 3. The van der Waals surface area contributed by atoms with E-state index in [-0.39, 0.29) is 25.8 Å². The average Bonchev–Trinajstić information content (AvgIpc) is 3.13. The predicted molar refractivity (Wildman–Crippen MR) is 206 cm³/mol. The Morgan fingerprint density at radius 1 is 0.577 bits per heavy atom. The van der Waals surface area contributed by atoms with Gasteiger partial charge in [-0.05, 0) is 122 Å². The minimum Gasteiger partial charge on any atom is -0.493 e. The van der Waals surface area contributed by atoms with Crippen LogP contribution in [-0.2, 0) is 54.3 Å². The van der Waals surface area contributed by atoms with Crippen molar-refractivity contribution in [2.45, 2.75) is 79.1 Å². The van der Waals surface area contributed by atoms with Gasteiger partial charge in [0, 0.05) is 29.7 Å². The highest BCUT2D eigenvalue weighted by atomic mass is 16.5. The van der Waals surface area contributed by atoms with Gasteiger partial charge in [-0.1, -0.05) is 69.1 Å². The summed E-state index contributed by atoms with van der Waals surface area (Å²) >= 11 is 0. The van der Waals surface area contributed by atoms with Gasteiger partial charge in [0.25, 0.3) is 0 Å². The van der Waals surface area contributed by atoms with E-state index in [0.717, 1.165) is 58.4 Å². The van der Waals surface area contributed by atoms with Gasteiger partial charge in [0.05, 0.1) is 26.4 Å². The first kappa shape index (κ1) is 41.5. The lowest BCUT2D eigenvalue weighted by molar-refractivity contribution is -0.139. The third-order valence-corrected chi connectivity index (χ3v) is 8.41. The summed E-state index contributed by atoms with van der Waals surface area (Å²) in [5, 5.41) is 9.46. The molecule has 0 aliphatic heterocycles. The molecule has 1 N–H and O–H groups in total. The van der Waals surface area contributed by atoms with E-state index in [9.17, 15) is 19.5 Å². The molecule has 0 unspecified atom stereocenters. The van der Waals surface area contributed by atoms with Crippen LogP contribution in [0.15, 0.2) is 91.1 Å². The van der Waals surface area contributed by atoms with Crippen LogP contribution in [0.5, 0.6) is 5.75 Å². The van der Waals surface area contributed by atoms with Crippen LogP contribution in [0, 0.1) is 0 Å². The van der Waals surface area contributed by atoms with Gasteiger partial charge in [-0.2, -0.15) is 0 Å². The predicted octanol–water partition coefficient (Wildman–Crippen LogP) is 8.50. The van der Waals surface area contributed by atoms with Crippen molar-refractivity contribution >= 4 is 17.9 Å². The number of aliphatic hydroxyl groups is 1. The van der Waals surface area contributed by atoms with Gasteiger partial charge < -0.3 is 24.1 Å². The molecule has 0 atom stereocenters. The maximum absolute atomic E-state index is 12.0. The summed E-state index contributed by atoms with van der Waals surface area (Å²) in [6.45, 7) is 19.2. The first-order valence-electron chi connectivity index (χ1n) is 18.0. The summed E-state index contributed by atoms with van der Waals surface area (Å²) in [6, 6.07) is 19.3. The van der Waals surface area contributed by atoms with Crippen molar-refractivity contribution < 1.29 is 38.4 Å². The number of benzene rings is 3. The average molecular weight is 711 g/mol. The SMILES string of the molecule is C=C(C)C(=O)OCCCc1ccc(-c2ccc(-c3cc(CCCOC(=O)C(=C)C)c(OCCCO)c(CCCOC(=O)C(=C)C)c3)c(CC)c2)cc1. The summed E-state index contributed by atoms with van der Waals surface area (Å²) in [7, 11) is 0. The zero-order valence-electron chi connectivity index (χ0n) is 31.3. The molecule has 0 bridgehead atoms. The summed E-state index contributed by atoms with van der Waals surface area (Å²) in [5.74, 6) is -0.439. The summed E-state index contributed by atoms with van der Waals surface area (Å²) in [4.78, 5) is 35.6. The molecular formula is C44H54O8. The molecule has 52 heavy (non-hydrogen) atoms. The van der Waals surface area contributed by atoms with Crippen molar-refractivity contribution in [2.24, 2.45) is 0 Å². The van der Waals surface area contributed by atoms with Crippen LogP contribution in [0.2, 0.25) is 0 Å². The van der Waals surface area contributed by atoms with E-state index in [2.05, 4.69) is 81.3 Å². The summed E-state index contributed by atoms with van der Waals surface area (Å²) < 4.78 is 22.3. The Hall–Kier alpha value is -4.95. The molecule has 0 fully saturated rings. The van der Waals surface area contributed by atoms with Crippen LogP contribution in [0.1, 0.15) is 75.6 Å². The van der Waals surface area contributed by atoms with E-state index < -0.39 is 11.9 Å². The fourth-order valence-corrected chi connectivity index (χ4v) is 5.58. The second-order valence-corrected chi connectivity index (χ2v) is 13.0. The maximum Gasteiger partial charge on any atom is 0.333 e. The first-order chi connectivity index (χ1) is 24.9. The molecule has 0 radical (unpaired) electrons. The maximum atomic E-state index is 12.0. The number of ether oxygens (including phenoxy) is 4. The Bertz CT molecular complexity index is 1660. The van der Waals surface area contributed by atoms with E-state index in [1.807, 2.05) is 0 Å². The molecular weight excluding hydrogens is 656 g/mol. The fraction of sp³-hybridized carbons (Fsp3) is 0.386. The molecule has 0 aliphatic rings. The number of rotatable bonds is 22. The number of hydrogen-bond donors (Lipinski definition) is 1. The lowest BCUT2D eigenvalue weighted by Gasteiger charge is -2.20. The van der Waals surface area contributed by atoms with E-state index in [0.29, 0.717) is 62.0 Å². The van der Waals surface area contributed by atoms with Crippen molar-refractivity contribution in [2.75, 3.05) is 33.0 Å². The van der Waals surface area contributed by atoms with Crippen LogP contribution in [0.4, 0.5) is 0 Å². The van der Waals surface area contributed by atoms with Gasteiger partial charge in [-0.25, -0.2) is 14.4 Å². The Kier molecular flexibility index (Phi) is 17.1. The third kappa shape index (κ3) is 13.0. The van der Waals surface area contributed by atoms with Gasteiger partial charge in [0.15, 0.2) is 0 Å². The highest BCUT2D eigenvalue weighted by Gasteiger charge is 2.17. The van der Waals surface area contributed by atoms with E-state index in [1.54, 1.807) is 20.8 Å². The standard InChI is InChI=1S/C44H54O8/c1-8-34-27-36(35-18-16-33(17-19-35)13-9-23-50-42(46)30(2)3)20-21-40(34)39-28-37(14-10-24-51-43(47)31(4)5)41(49-26-12-22-45)38(29-39)15-11-25-52-44(48)32(6)7/h16-21,27-29,45H,2,4,6,8-15,22-26H2,1,3,5,7H3. The van der Waals surface area contributed by atoms with Gasteiger partial charge in [0.2, 0.25) is 0 Å². The molecule has 8 heteroatoms. The van der Waals surface area contributed by atoms with Crippen LogP contribution in [0.3, 0.4) is 0 Å². The Morgan fingerprint density at radius 2 is 1.04 bits per heavy atom. The molecule has 3 rings (SSSR count). The fourth-order valence-electron chi connectivity index (χ4n) is 5.58. The van der Waals surface area contributed by atoms with Crippen LogP contribution in [-0.4, -0.2) is 56.0 Å². The first-order valence-corrected chi connectivity index (χ1v) is 18.0. The number of aryl methyl sites for hydroxylation is 4. The molecule has 3 aromatic carbocycles. The number of carbonyl (C=O) groups is 3. The zero-order chi connectivity index (χ0) is 38.0. The monoisotopic (exact) mass is 710 g/mol. The Morgan fingerprint density at radius 3 is 1.50 bits per heavy atom. The highest BCUT2D eigenvalue weighted by Crippen LogP contribution is 2.36. The largest absolute Gasteiger partial charge is 0.493 e. The summed E-state index contributed by atoms with van der Waals surface area (Å²) in [5.41, 5.74) is 9.82. The second-order valence-electron chi connectivity index (χ2n) is 13.0. The van der Waals surface area contributed by atoms with E-state index >= 15 is 0 Å². The van der Waals surface area contributed by atoms with Crippen molar-refractivity contribution in [3.05, 3.63) is 113 Å². The van der Waals surface area contributed by atoms with Gasteiger partial charge in [-0.15, -0.1) is 0 Å². The molecule has 8 nitrogen and oxygen atoms in total. The van der Waals surface area contributed by atoms with Crippen molar-refractivity contribution in [1.82, 2.24) is 0 Å². The lowest BCUT2D eigenvalue weighted by atomic mass is 9.89. The van der Waals surface area contributed by atoms with E-state index in [4.69, 9.17) is 18.9 Å². The molecule has 0 saturated heterocycles. The smallest absolute Gasteiger partial charge is 0.333 e. The minimum absolute atomic E-state index is 0.0123. The van der Waals surface area contributed by atoms with Crippen LogP contribution >= 0.6 is 0 Å². The summed E-state index contributed by atoms with van der Waals surface area (Å²) in [6.07, 6.45) is 5.23. The molecule has 3 aromatic rings. The lowest BCUT2D eigenvalue weighted by Crippen LogP contribution is -2.10. The molecule has 0 heterocycles. The second kappa shape index (κ2) is 21.4. The van der Waals surface area contributed by atoms with E-state index in [1.165, 1.54) is 11.1 Å². The van der Waals surface area contributed by atoms with Crippen molar-refractivity contribution in [3.8, 4) is 28.0 Å². The number of aliphatic hydroxyl groups excluding tert-OH is 1. The molecule has 0 amide bonds. The molecule has 0 spiro atoms. The number of carbonyl (C=O) groups excluding carboxylic acids is 3. The normalized spacial score (nSPS) is 10.7. The third-order valence-electron chi connectivity index (χ3n) is 8.41. The Balaban J connectivity index is 1.91. The van der Waals surface area contributed by atoms with Gasteiger partial charge in [0.1, 0.15) is 5.75 Å². The zero-order valence-corrected chi connectivity index (χ0v) is 31.3. The quantitative estimate of drug-likeness (QED) is 0.0479. The number of hydrogen-bond acceptors (Lipinski definition) is 8.